The molecule has 1 rings (SSSR count). The largest absolute Gasteiger partial charge is 0.481 e. The third kappa shape index (κ3) is 3.84. The lowest BCUT2D eigenvalue weighted by atomic mass is 10.2. The summed E-state index contributed by atoms with van der Waals surface area (Å²) in [5, 5.41) is 13.1. The summed E-state index contributed by atoms with van der Waals surface area (Å²) in [7, 11) is 1.44. The number of nitrogens with zero attached hydrogens (tertiary/aromatic N) is 1. The zero-order valence-corrected chi connectivity index (χ0v) is 10.9. The molecular formula is C13H15N3O4. The smallest absolute Gasteiger partial charge is 0.405 e. The van der Waals surface area contributed by atoms with Gasteiger partial charge in [0.1, 0.15) is 11.9 Å². The number of hydrogen-bond acceptors (Lipinski definition) is 4. The van der Waals surface area contributed by atoms with E-state index in [1.54, 1.807) is 12.1 Å². The topological polar surface area (TPSA) is 101 Å². The molecule has 0 aliphatic rings. The monoisotopic (exact) mass is 277 g/mol. The predicted molar refractivity (Wildman–Crippen MR) is 74.7 cm³/mol. The molecule has 1 aromatic heterocycles. The molecule has 20 heavy (non-hydrogen) atoms. The number of ether oxygens (including phenoxy) is 1. The highest BCUT2D eigenvalue weighted by atomic mass is 16.5. The number of carbonyl (C=O) groups is 2. The van der Waals surface area contributed by atoms with Crippen molar-refractivity contribution in [2.24, 2.45) is 0 Å². The van der Waals surface area contributed by atoms with Gasteiger partial charge in [-0.1, -0.05) is 18.7 Å². The minimum absolute atomic E-state index is 0.225. The van der Waals surface area contributed by atoms with Crippen LogP contribution in [-0.4, -0.2) is 35.2 Å². The van der Waals surface area contributed by atoms with E-state index in [1.165, 1.54) is 19.3 Å². The van der Waals surface area contributed by atoms with Crippen LogP contribution >= 0.6 is 0 Å². The van der Waals surface area contributed by atoms with Crippen molar-refractivity contribution in [2.75, 3.05) is 12.4 Å². The van der Waals surface area contributed by atoms with Crippen molar-refractivity contribution in [2.45, 2.75) is 6.04 Å². The number of rotatable bonds is 6. The van der Waals surface area contributed by atoms with Gasteiger partial charge in [0.2, 0.25) is 5.88 Å². The molecule has 0 aliphatic carbocycles. The van der Waals surface area contributed by atoms with E-state index in [2.05, 4.69) is 23.5 Å². The molecule has 106 valence electrons. The SMILES string of the molecule is C=Cc1ccc(OC)nc1NC(=O)[C@H](C=C)NC(=O)O. The standard InChI is InChI=1S/C13H15N3O4/c1-4-8-6-7-10(20-3)15-11(8)16-12(17)9(5-2)14-13(18)19/h4-7,9,14H,1-2H2,3H3,(H,18,19)(H,15,16,17)/t9-/m0/s1. The van der Waals surface area contributed by atoms with E-state index in [1.807, 2.05) is 5.32 Å². The maximum Gasteiger partial charge on any atom is 0.405 e. The Morgan fingerprint density at radius 2 is 2.15 bits per heavy atom. The summed E-state index contributed by atoms with van der Waals surface area (Å²) in [6.07, 6.45) is 1.36. The van der Waals surface area contributed by atoms with Crippen LogP contribution in [0.3, 0.4) is 0 Å². The summed E-state index contributed by atoms with van der Waals surface area (Å²) in [4.78, 5) is 26.5. The Labute approximate surface area is 116 Å². The van der Waals surface area contributed by atoms with Crippen LogP contribution in [0.25, 0.3) is 6.08 Å². The predicted octanol–water partition coefficient (Wildman–Crippen LogP) is 1.49. The lowest BCUT2D eigenvalue weighted by Crippen LogP contribution is -2.41. The molecule has 3 N–H and O–H groups in total. The van der Waals surface area contributed by atoms with Crippen LogP contribution in [0.15, 0.2) is 31.4 Å². The van der Waals surface area contributed by atoms with Crippen molar-refractivity contribution in [3.8, 4) is 5.88 Å². The number of carboxylic acid groups (broad SMARTS) is 1. The summed E-state index contributed by atoms with van der Waals surface area (Å²) in [6.45, 7) is 7.01. The first-order chi connectivity index (χ1) is 9.51. The molecule has 0 fully saturated rings. The number of amides is 2. The van der Waals surface area contributed by atoms with Gasteiger partial charge in [0.15, 0.2) is 0 Å². The molecule has 1 atom stereocenters. The molecule has 0 aromatic carbocycles. The Bertz CT molecular complexity index is 542. The molecule has 0 aliphatic heterocycles. The Kier molecular flexibility index (Phi) is 5.28. The van der Waals surface area contributed by atoms with E-state index in [-0.39, 0.29) is 5.82 Å². The average molecular weight is 277 g/mol. The Morgan fingerprint density at radius 3 is 2.65 bits per heavy atom. The molecule has 0 radical (unpaired) electrons. The van der Waals surface area contributed by atoms with Crippen molar-refractivity contribution < 1.29 is 19.4 Å². The number of pyridine rings is 1. The minimum Gasteiger partial charge on any atom is -0.481 e. The van der Waals surface area contributed by atoms with Crippen LogP contribution < -0.4 is 15.4 Å². The van der Waals surface area contributed by atoms with Crippen molar-refractivity contribution >= 4 is 23.9 Å². The molecule has 0 bridgehead atoms. The quantitative estimate of drug-likeness (QED) is 0.684. The normalized spacial score (nSPS) is 11.1. The second-order valence-corrected chi connectivity index (χ2v) is 3.65. The van der Waals surface area contributed by atoms with Gasteiger partial charge >= 0.3 is 6.09 Å². The fraction of sp³-hybridized carbons (Fsp3) is 0.154. The lowest BCUT2D eigenvalue weighted by molar-refractivity contribution is -0.117. The van der Waals surface area contributed by atoms with Gasteiger partial charge in [-0.05, 0) is 6.07 Å². The van der Waals surface area contributed by atoms with Gasteiger partial charge in [0.25, 0.3) is 5.91 Å². The fourth-order valence-electron chi connectivity index (χ4n) is 1.39. The Hall–Kier alpha value is -2.83. The van der Waals surface area contributed by atoms with Gasteiger partial charge in [-0.15, -0.1) is 6.58 Å². The summed E-state index contributed by atoms with van der Waals surface area (Å²) in [5.74, 6) is -0.0677. The molecule has 1 aromatic rings. The number of methoxy groups -OCH3 is 1. The van der Waals surface area contributed by atoms with Gasteiger partial charge in [-0.3, -0.25) is 4.79 Å². The van der Waals surface area contributed by atoms with E-state index in [4.69, 9.17) is 9.84 Å². The number of carbonyl (C=O) groups excluding carboxylic acids is 1. The van der Waals surface area contributed by atoms with Gasteiger partial charge in [-0.25, -0.2) is 4.79 Å². The first kappa shape index (κ1) is 15.2. The van der Waals surface area contributed by atoms with Gasteiger partial charge in [0.05, 0.1) is 7.11 Å². The highest BCUT2D eigenvalue weighted by molar-refractivity contribution is 5.98. The first-order valence-electron chi connectivity index (χ1n) is 5.62. The van der Waals surface area contributed by atoms with Crippen molar-refractivity contribution in [3.63, 3.8) is 0 Å². The number of anilines is 1. The van der Waals surface area contributed by atoms with Gasteiger partial charge in [-0.2, -0.15) is 4.98 Å². The van der Waals surface area contributed by atoms with Gasteiger partial charge < -0.3 is 20.5 Å². The third-order valence-corrected chi connectivity index (χ3v) is 2.37. The summed E-state index contributed by atoms with van der Waals surface area (Å²) >= 11 is 0. The van der Waals surface area contributed by atoms with Crippen LogP contribution in [-0.2, 0) is 4.79 Å². The van der Waals surface area contributed by atoms with E-state index in [0.29, 0.717) is 11.4 Å². The van der Waals surface area contributed by atoms with Crippen molar-refractivity contribution in [1.29, 1.82) is 0 Å². The summed E-state index contributed by atoms with van der Waals surface area (Å²) in [5.41, 5.74) is 0.581. The molecule has 7 nitrogen and oxygen atoms in total. The molecule has 0 spiro atoms. The zero-order valence-electron chi connectivity index (χ0n) is 10.9. The van der Waals surface area contributed by atoms with Crippen LogP contribution in [0.2, 0.25) is 0 Å². The Morgan fingerprint density at radius 1 is 1.45 bits per heavy atom. The van der Waals surface area contributed by atoms with Crippen molar-refractivity contribution in [1.82, 2.24) is 10.3 Å². The highest BCUT2D eigenvalue weighted by Gasteiger charge is 2.18. The lowest BCUT2D eigenvalue weighted by Gasteiger charge is -2.14. The highest BCUT2D eigenvalue weighted by Crippen LogP contribution is 2.18. The molecule has 0 saturated heterocycles. The second-order valence-electron chi connectivity index (χ2n) is 3.65. The Balaban J connectivity index is 2.95. The molecule has 7 heteroatoms. The fourth-order valence-corrected chi connectivity index (χ4v) is 1.39. The molecule has 2 amide bonds. The number of aromatic nitrogens is 1. The van der Waals surface area contributed by atoms with E-state index >= 15 is 0 Å². The third-order valence-electron chi connectivity index (χ3n) is 2.37. The van der Waals surface area contributed by atoms with Crippen LogP contribution in [0.1, 0.15) is 5.56 Å². The van der Waals surface area contributed by atoms with Crippen molar-refractivity contribution in [3.05, 3.63) is 36.9 Å². The minimum atomic E-state index is -1.33. The molecule has 0 unspecified atom stereocenters. The van der Waals surface area contributed by atoms with Crippen LogP contribution in [0.4, 0.5) is 10.6 Å². The average Bonchev–Trinajstić information content (AvgIpc) is 2.44. The van der Waals surface area contributed by atoms with Gasteiger partial charge in [0, 0.05) is 11.6 Å². The molecule has 0 saturated carbocycles. The zero-order chi connectivity index (χ0) is 15.1. The van der Waals surface area contributed by atoms with E-state index in [0.717, 1.165) is 0 Å². The van der Waals surface area contributed by atoms with E-state index in [9.17, 15) is 9.59 Å². The first-order valence-corrected chi connectivity index (χ1v) is 5.62. The number of hydrogen-bond donors (Lipinski definition) is 3. The molecular weight excluding hydrogens is 262 g/mol. The maximum absolute atomic E-state index is 11.9. The maximum atomic E-state index is 11.9. The van der Waals surface area contributed by atoms with Crippen LogP contribution in [0, 0.1) is 0 Å². The second kappa shape index (κ2) is 6.93. The number of nitrogens with one attached hydrogen (secondary N) is 2. The summed E-state index contributed by atoms with van der Waals surface area (Å²) in [6, 6.07) is 2.20. The van der Waals surface area contributed by atoms with Crippen LogP contribution in [0.5, 0.6) is 5.88 Å². The molecule has 1 heterocycles. The van der Waals surface area contributed by atoms with E-state index < -0.39 is 18.0 Å². The summed E-state index contributed by atoms with van der Waals surface area (Å²) < 4.78 is 4.96.